The summed E-state index contributed by atoms with van der Waals surface area (Å²) in [6.45, 7) is 2.76. The van der Waals surface area contributed by atoms with Crippen LogP contribution in [0.15, 0.2) is 0 Å². The Morgan fingerprint density at radius 1 is 1.53 bits per heavy atom. The molecule has 1 fully saturated rings. The van der Waals surface area contributed by atoms with Gasteiger partial charge in [0.25, 0.3) is 0 Å². The first-order valence-corrected chi connectivity index (χ1v) is 6.34. The monoisotopic (exact) mass is 268 g/mol. The van der Waals surface area contributed by atoms with Gasteiger partial charge in [-0.15, -0.1) is 0 Å². The lowest BCUT2D eigenvalue weighted by atomic mass is 9.95. The van der Waals surface area contributed by atoms with Crippen molar-refractivity contribution in [1.29, 1.82) is 0 Å². The number of piperidine rings is 1. The number of likely N-dealkylation sites (tertiary alicyclic amines) is 1. The van der Waals surface area contributed by atoms with Gasteiger partial charge in [-0.05, 0) is 25.8 Å². The topological polar surface area (TPSA) is 29.3 Å². The van der Waals surface area contributed by atoms with E-state index < -0.39 is 12.1 Å². The van der Waals surface area contributed by atoms with Crippen molar-refractivity contribution in [3.05, 3.63) is 0 Å². The molecule has 1 saturated heterocycles. The molecule has 1 rings (SSSR count). The van der Waals surface area contributed by atoms with E-state index in [-0.39, 0.29) is 19.0 Å². The third-order valence-corrected chi connectivity index (χ3v) is 3.51. The fraction of sp³-hybridized carbons (Fsp3) is 0.909. The highest BCUT2D eigenvalue weighted by atomic mass is 32.1. The Kier molecular flexibility index (Phi) is 5.19. The minimum atomic E-state index is -4.08. The van der Waals surface area contributed by atoms with Crippen LogP contribution >= 0.6 is 12.2 Å². The second-order valence-electron chi connectivity index (χ2n) is 4.61. The summed E-state index contributed by atoms with van der Waals surface area (Å²) in [5, 5.41) is 0. The van der Waals surface area contributed by atoms with Gasteiger partial charge in [0.1, 0.15) is 0 Å². The minimum Gasteiger partial charge on any atom is -0.393 e. The van der Waals surface area contributed by atoms with Gasteiger partial charge in [0.2, 0.25) is 0 Å². The number of rotatable bonds is 4. The fourth-order valence-electron chi connectivity index (χ4n) is 2.37. The average Bonchev–Trinajstić information content (AvgIpc) is 2.24. The lowest BCUT2D eigenvalue weighted by Crippen LogP contribution is -2.47. The van der Waals surface area contributed by atoms with Crippen LogP contribution in [0.5, 0.6) is 0 Å². The zero-order chi connectivity index (χ0) is 13.1. The first-order valence-electron chi connectivity index (χ1n) is 5.93. The third kappa shape index (κ3) is 4.43. The van der Waals surface area contributed by atoms with Gasteiger partial charge in [0.15, 0.2) is 0 Å². The number of hydrogen-bond acceptors (Lipinski definition) is 2. The second-order valence-corrected chi connectivity index (χ2v) is 5.13. The summed E-state index contributed by atoms with van der Waals surface area (Å²) in [5.74, 6) is -1.20. The molecule has 1 heterocycles. The predicted molar refractivity (Wildman–Crippen MR) is 65.8 cm³/mol. The number of alkyl halides is 3. The highest BCUT2D eigenvalue weighted by molar-refractivity contribution is 7.80. The van der Waals surface area contributed by atoms with Crippen molar-refractivity contribution in [1.82, 2.24) is 4.90 Å². The minimum absolute atomic E-state index is 0.0534. The van der Waals surface area contributed by atoms with Crippen LogP contribution in [0.3, 0.4) is 0 Å². The lowest BCUT2D eigenvalue weighted by Gasteiger charge is -2.38. The van der Waals surface area contributed by atoms with Gasteiger partial charge in [0.05, 0.1) is 10.9 Å². The van der Waals surface area contributed by atoms with Gasteiger partial charge in [-0.3, -0.25) is 4.90 Å². The lowest BCUT2D eigenvalue weighted by molar-refractivity contribution is -0.188. The van der Waals surface area contributed by atoms with E-state index in [1.54, 1.807) is 0 Å². The number of nitrogens with two attached hydrogens (primary N) is 1. The normalized spacial score (nSPS) is 24.6. The highest BCUT2D eigenvalue weighted by Gasteiger charge is 2.42. The molecular weight excluding hydrogens is 249 g/mol. The van der Waals surface area contributed by atoms with E-state index in [9.17, 15) is 13.2 Å². The van der Waals surface area contributed by atoms with Crippen LogP contribution in [0.25, 0.3) is 0 Å². The highest BCUT2D eigenvalue weighted by Crippen LogP contribution is 2.34. The Hall–Kier alpha value is -0.360. The Bertz CT molecular complexity index is 268. The van der Waals surface area contributed by atoms with Gasteiger partial charge < -0.3 is 5.73 Å². The number of nitrogens with zero attached hydrogens (tertiary/aromatic N) is 1. The molecule has 17 heavy (non-hydrogen) atoms. The van der Waals surface area contributed by atoms with Crippen molar-refractivity contribution in [2.24, 2.45) is 11.7 Å². The van der Waals surface area contributed by atoms with Crippen molar-refractivity contribution >= 4 is 17.2 Å². The molecule has 100 valence electrons. The van der Waals surface area contributed by atoms with Crippen molar-refractivity contribution < 1.29 is 13.2 Å². The van der Waals surface area contributed by atoms with Gasteiger partial charge in [-0.1, -0.05) is 19.1 Å². The number of hydrogen-bond donors (Lipinski definition) is 1. The molecule has 1 aliphatic rings. The Balaban J connectivity index is 2.61. The molecule has 0 aromatic heterocycles. The molecule has 2 nitrogen and oxygen atoms in total. The first-order chi connectivity index (χ1) is 7.84. The summed E-state index contributed by atoms with van der Waals surface area (Å²) in [4.78, 5) is 2.27. The molecule has 6 heteroatoms. The molecule has 0 aromatic carbocycles. The van der Waals surface area contributed by atoms with Gasteiger partial charge in [0, 0.05) is 19.0 Å². The van der Waals surface area contributed by atoms with E-state index in [2.05, 4.69) is 0 Å². The SMILES string of the molecule is CCC(CC(N)=S)N1CCCC(C(F)(F)F)C1. The molecule has 2 atom stereocenters. The Morgan fingerprint density at radius 2 is 2.18 bits per heavy atom. The van der Waals surface area contributed by atoms with Crippen LogP contribution < -0.4 is 5.73 Å². The standard InChI is InChI=1S/C11H19F3N2S/c1-2-9(6-10(15)17)16-5-3-4-8(7-16)11(12,13)14/h8-9H,2-7H2,1H3,(H2,15,17). The molecule has 1 aliphatic heterocycles. The molecule has 0 amide bonds. The van der Waals surface area contributed by atoms with Crippen molar-refractivity contribution in [3.8, 4) is 0 Å². The van der Waals surface area contributed by atoms with Crippen molar-refractivity contribution in [2.75, 3.05) is 13.1 Å². The largest absolute Gasteiger partial charge is 0.393 e. The average molecular weight is 268 g/mol. The van der Waals surface area contributed by atoms with E-state index in [1.165, 1.54) is 0 Å². The summed E-state index contributed by atoms with van der Waals surface area (Å²) in [6.07, 6.45) is -1.96. The van der Waals surface area contributed by atoms with E-state index >= 15 is 0 Å². The fourth-order valence-corrected chi connectivity index (χ4v) is 2.56. The molecule has 0 aliphatic carbocycles. The zero-order valence-electron chi connectivity index (χ0n) is 9.96. The molecule has 0 saturated carbocycles. The summed E-state index contributed by atoms with van der Waals surface area (Å²) in [5.41, 5.74) is 5.48. The number of thiocarbonyl (C=S) groups is 1. The summed E-state index contributed by atoms with van der Waals surface area (Å²) < 4.78 is 38.0. The third-order valence-electron chi connectivity index (χ3n) is 3.34. The molecule has 0 aromatic rings. The van der Waals surface area contributed by atoms with Gasteiger partial charge >= 0.3 is 6.18 Å². The van der Waals surface area contributed by atoms with Crippen LogP contribution in [0.4, 0.5) is 13.2 Å². The maximum absolute atomic E-state index is 12.7. The van der Waals surface area contributed by atoms with Crippen LogP contribution in [0, 0.1) is 5.92 Å². The zero-order valence-corrected chi connectivity index (χ0v) is 10.8. The molecule has 2 N–H and O–H groups in total. The van der Waals surface area contributed by atoms with Crippen LogP contribution in [-0.2, 0) is 0 Å². The van der Waals surface area contributed by atoms with E-state index in [0.29, 0.717) is 24.4 Å². The molecular formula is C11H19F3N2S. The number of halogens is 3. The first kappa shape index (κ1) is 14.7. The molecule has 2 unspecified atom stereocenters. The maximum Gasteiger partial charge on any atom is 0.393 e. The quantitative estimate of drug-likeness (QED) is 0.795. The van der Waals surface area contributed by atoms with Crippen molar-refractivity contribution in [2.45, 2.75) is 44.8 Å². The van der Waals surface area contributed by atoms with Gasteiger partial charge in [-0.25, -0.2) is 0 Å². The summed E-state index contributed by atoms with van der Waals surface area (Å²) in [7, 11) is 0. The van der Waals surface area contributed by atoms with Gasteiger partial charge in [-0.2, -0.15) is 13.2 Å². The van der Waals surface area contributed by atoms with E-state index in [0.717, 1.165) is 6.42 Å². The van der Waals surface area contributed by atoms with Crippen LogP contribution in [-0.4, -0.2) is 35.2 Å². The Morgan fingerprint density at radius 3 is 2.65 bits per heavy atom. The molecule has 0 spiro atoms. The molecule has 0 bridgehead atoms. The van der Waals surface area contributed by atoms with E-state index in [4.69, 9.17) is 18.0 Å². The predicted octanol–water partition coefficient (Wildman–Crippen LogP) is 2.72. The van der Waals surface area contributed by atoms with E-state index in [1.807, 2.05) is 11.8 Å². The second kappa shape index (κ2) is 6.00. The van der Waals surface area contributed by atoms with Crippen LogP contribution in [0.1, 0.15) is 32.6 Å². The smallest absolute Gasteiger partial charge is 0.393 e. The maximum atomic E-state index is 12.7. The Labute approximate surface area is 105 Å². The summed E-state index contributed by atoms with van der Waals surface area (Å²) >= 11 is 4.84. The summed E-state index contributed by atoms with van der Waals surface area (Å²) in [6, 6.07) is 0.0534. The van der Waals surface area contributed by atoms with Crippen LogP contribution in [0.2, 0.25) is 0 Å². The van der Waals surface area contributed by atoms with Crippen molar-refractivity contribution in [3.63, 3.8) is 0 Å². The molecule has 0 radical (unpaired) electrons.